The monoisotopic (exact) mass is 337 g/mol. The van der Waals surface area contributed by atoms with E-state index in [0.29, 0.717) is 40.3 Å². The fourth-order valence-electron chi connectivity index (χ4n) is 1.97. The van der Waals surface area contributed by atoms with Crippen LogP contribution < -0.4 is 9.47 Å². The van der Waals surface area contributed by atoms with E-state index in [4.69, 9.17) is 14.6 Å². The number of aliphatic carboxylic acids is 1. The smallest absolute Gasteiger partial charge is 0.323 e. The van der Waals surface area contributed by atoms with Crippen LogP contribution in [0.2, 0.25) is 0 Å². The Labute approximate surface area is 136 Å². The Bertz CT molecular complexity index is 685. The van der Waals surface area contributed by atoms with E-state index in [-0.39, 0.29) is 4.91 Å². The first kappa shape index (κ1) is 16.9. The third kappa shape index (κ3) is 3.84. The van der Waals surface area contributed by atoms with Crippen LogP contribution in [-0.4, -0.2) is 47.4 Å². The second-order valence-corrected chi connectivity index (χ2v) is 5.50. The topological polar surface area (TPSA) is 93.1 Å². The molecule has 0 unspecified atom stereocenters. The molecule has 0 aliphatic carbocycles. The molecule has 2 amide bonds. The van der Waals surface area contributed by atoms with Crippen molar-refractivity contribution in [1.82, 2.24) is 4.90 Å². The summed E-state index contributed by atoms with van der Waals surface area (Å²) < 4.78 is 10.6. The van der Waals surface area contributed by atoms with Crippen LogP contribution in [0.5, 0.6) is 11.5 Å². The third-order valence-electron chi connectivity index (χ3n) is 2.95. The Balaban J connectivity index is 2.28. The van der Waals surface area contributed by atoms with E-state index in [1.54, 1.807) is 18.2 Å². The zero-order valence-electron chi connectivity index (χ0n) is 12.6. The van der Waals surface area contributed by atoms with Crippen molar-refractivity contribution in [2.45, 2.75) is 6.92 Å². The molecule has 0 bridgehead atoms. The highest BCUT2D eigenvalue weighted by molar-refractivity contribution is 8.18. The number of ether oxygens (including phenoxy) is 2. The molecule has 0 spiro atoms. The number of benzene rings is 1. The Hall–Kier alpha value is -2.48. The van der Waals surface area contributed by atoms with E-state index < -0.39 is 23.7 Å². The van der Waals surface area contributed by atoms with Gasteiger partial charge in [-0.3, -0.25) is 19.3 Å². The van der Waals surface area contributed by atoms with Crippen LogP contribution in [0.25, 0.3) is 6.08 Å². The molecule has 8 heteroatoms. The molecule has 1 saturated heterocycles. The van der Waals surface area contributed by atoms with Crippen molar-refractivity contribution >= 4 is 35.0 Å². The summed E-state index contributed by atoms with van der Waals surface area (Å²) in [6.45, 7) is 1.65. The van der Waals surface area contributed by atoms with Gasteiger partial charge in [0.05, 0.1) is 18.6 Å². The van der Waals surface area contributed by atoms with Gasteiger partial charge in [0.1, 0.15) is 6.54 Å². The van der Waals surface area contributed by atoms with Crippen molar-refractivity contribution in [3.63, 3.8) is 0 Å². The number of imide groups is 1. The van der Waals surface area contributed by atoms with Gasteiger partial charge in [0, 0.05) is 0 Å². The maximum Gasteiger partial charge on any atom is 0.323 e. The largest absolute Gasteiger partial charge is 0.493 e. The number of hydrogen-bond donors (Lipinski definition) is 1. The summed E-state index contributed by atoms with van der Waals surface area (Å²) in [7, 11) is 1.52. The summed E-state index contributed by atoms with van der Waals surface area (Å²) in [5, 5.41) is 8.14. The van der Waals surface area contributed by atoms with Gasteiger partial charge in [0.25, 0.3) is 11.1 Å². The summed E-state index contributed by atoms with van der Waals surface area (Å²) in [5.41, 5.74) is 0.648. The average Bonchev–Trinajstić information content (AvgIpc) is 2.75. The van der Waals surface area contributed by atoms with Gasteiger partial charge < -0.3 is 14.6 Å². The maximum atomic E-state index is 12.1. The van der Waals surface area contributed by atoms with Crippen LogP contribution >= 0.6 is 11.8 Å². The van der Waals surface area contributed by atoms with E-state index in [2.05, 4.69) is 0 Å². The number of rotatable bonds is 6. The van der Waals surface area contributed by atoms with E-state index in [9.17, 15) is 14.4 Å². The lowest BCUT2D eigenvalue weighted by atomic mass is 10.2. The molecule has 0 aromatic heterocycles. The van der Waals surface area contributed by atoms with Crippen LogP contribution in [0, 0.1) is 0 Å². The highest BCUT2D eigenvalue weighted by Crippen LogP contribution is 2.34. The molecular formula is C15H15NO6S. The van der Waals surface area contributed by atoms with Crippen LogP contribution in [0.3, 0.4) is 0 Å². The lowest BCUT2D eigenvalue weighted by Crippen LogP contribution is -2.33. The Morgan fingerprint density at radius 2 is 2.09 bits per heavy atom. The number of methoxy groups -OCH3 is 1. The standard InChI is InChI=1S/C15H15NO6S/c1-3-22-11-6-9(4-5-10(11)21-2)7-12-14(19)16(8-13(17)18)15(20)23-12/h4-7H,3,8H2,1-2H3,(H,17,18)/b12-7+. The fraction of sp³-hybridized carbons (Fsp3) is 0.267. The van der Waals surface area contributed by atoms with Gasteiger partial charge in [0.15, 0.2) is 11.5 Å². The number of carbonyl (C=O) groups excluding carboxylic acids is 2. The molecule has 1 N–H and O–H groups in total. The molecule has 0 atom stereocenters. The Morgan fingerprint density at radius 3 is 2.70 bits per heavy atom. The predicted octanol–water partition coefficient (Wildman–Crippen LogP) is 2.21. The molecular weight excluding hydrogens is 322 g/mol. The predicted molar refractivity (Wildman–Crippen MR) is 84.5 cm³/mol. The van der Waals surface area contributed by atoms with Gasteiger partial charge in [0.2, 0.25) is 0 Å². The molecule has 7 nitrogen and oxygen atoms in total. The molecule has 122 valence electrons. The SMILES string of the molecule is CCOc1cc(/C=C2/SC(=O)N(CC(=O)O)C2=O)ccc1OC. The van der Waals surface area contributed by atoms with Crippen LogP contribution in [0.4, 0.5) is 4.79 Å². The van der Waals surface area contributed by atoms with Crippen molar-refractivity contribution in [2.75, 3.05) is 20.3 Å². The highest BCUT2D eigenvalue weighted by Gasteiger charge is 2.36. The normalized spacial score (nSPS) is 16.1. The van der Waals surface area contributed by atoms with Crippen molar-refractivity contribution in [3.05, 3.63) is 28.7 Å². The fourth-order valence-corrected chi connectivity index (χ4v) is 2.81. The first-order valence-electron chi connectivity index (χ1n) is 6.74. The lowest BCUT2D eigenvalue weighted by molar-refractivity contribution is -0.140. The molecule has 0 saturated carbocycles. The number of carboxylic acids is 1. The summed E-state index contributed by atoms with van der Waals surface area (Å²) in [5.74, 6) is -0.774. The van der Waals surface area contributed by atoms with E-state index in [0.717, 1.165) is 0 Å². The van der Waals surface area contributed by atoms with Crippen molar-refractivity contribution in [3.8, 4) is 11.5 Å². The number of carboxylic acid groups (broad SMARTS) is 1. The van der Waals surface area contributed by atoms with Crippen molar-refractivity contribution < 1.29 is 29.0 Å². The van der Waals surface area contributed by atoms with Gasteiger partial charge in [-0.25, -0.2) is 0 Å². The number of nitrogens with zero attached hydrogens (tertiary/aromatic N) is 1. The minimum Gasteiger partial charge on any atom is -0.493 e. The second-order valence-electron chi connectivity index (χ2n) is 4.50. The molecule has 1 aliphatic heterocycles. The first-order chi connectivity index (χ1) is 11.0. The second kappa shape index (κ2) is 7.19. The van der Waals surface area contributed by atoms with E-state index in [1.807, 2.05) is 6.92 Å². The van der Waals surface area contributed by atoms with Crippen molar-refractivity contribution in [1.29, 1.82) is 0 Å². The number of amides is 2. The zero-order valence-corrected chi connectivity index (χ0v) is 13.4. The average molecular weight is 337 g/mol. The number of carbonyl (C=O) groups is 3. The molecule has 1 aromatic rings. The minimum absolute atomic E-state index is 0.170. The quantitative estimate of drug-likeness (QED) is 0.795. The summed E-state index contributed by atoms with van der Waals surface area (Å²) in [4.78, 5) is 35.4. The molecule has 2 rings (SSSR count). The summed E-state index contributed by atoms with van der Waals surface area (Å²) >= 11 is 0.711. The van der Waals surface area contributed by atoms with Gasteiger partial charge in [-0.2, -0.15) is 0 Å². The molecule has 1 aromatic carbocycles. The highest BCUT2D eigenvalue weighted by atomic mass is 32.2. The summed E-state index contributed by atoms with van der Waals surface area (Å²) in [6.07, 6.45) is 1.52. The van der Waals surface area contributed by atoms with E-state index in [1.165, 1.54) is 13.2 Å². The van der Waals surface area contributed by atoms with Crippen LogP contribution in [0.1, 0.15) is 12.5 Å². The molecule has 23 heavy (non-hydrogen) atoms. The molecule has 0 radical (unpaired) electrons. The van der Waals surface area contributed by atoms with Crippen LogP contribution in [-0.2, 0) is 9.59 Å². The van der Waals surface area contributed by atoms with Gasteiger partial charge in [-0.1, -0.05) is 6.07 Å². The first-order valence-corrected chi connectivity index (χ1v) is 7.56. The molecule has 1 heterocycles. The van der Waals surface area contributed by atoms with Gasteiger partial charge in [-0.05, 0) is 42.5 Å². The van der Waals surface area contributed by atoms with Gasteiger partial charge in [-0.15, -0.1) is 0 Å². The van der Waals surface area contributed by atoms with Crippen LogP contribution in [0.15, 0.2) is 23.1 Å². The lowest BCUT2D eigenvalue weighted by Gasteiger charge is -2.10. The number of hydrogen-bond acceptors (Lipinski definition) is 6. The summed E-state index contributed by atoms with van der Waals surface area (Å²) in [6, 6.07) is 5.10. The maximum absolute atomic E-state index is 12.1. The molecule has 1 fully saturated rings. The number of thioether (sulfide) groups is 1. The minimum atomic E-state index is -1.24. The van der Waals surface area contributed by atoms with Crippen molar-refractivity contribution in [2.24, 2.45) is 0 Å². The van der Waals surface area contributed by atoms with E-state index >= 15 is 0 Å². The molecule has 1 aliphatic rings. The van der Waals surface area contributed by atoms with Gasteiger partial charge >= 0.3 is 5.97 Å². The Morgan fingerprint density at radius 1 is 1.35 bits per heavy atom. The zero-order chi connectivity index (χ0) is 17.0. The third-order valence-corrected chi connectivity index (χ3v) is 3.86. The Kier molecular flexibility index (Phi) is 5.28.